The lowest BCUT2D eigenvalue weighted by Gasteiger charge is -2.26. The first-order chi connectivity index (χ1) is 22.0. The predicted molar refractivity (Wildman–Crippen MR) is 170 cm³/mol. The van der Waals surface area contributed by atoms with Crippen LogP contribution in [-0.2, 0) is 22.2 Å². The van der Waals surface area contributed by atoms with Crippen molar-refractivity contribution in [1.82, 2.24) is 24.2 Å². The first-order valence-electron chi connectivity index (χ1n) is 15.2. The molecule has 4 rings (SSSR count). The Morgan fingerprint density at radius 2 is 1.72 bits per heavy atom. The SMILES string of the molecule is Cc1cc(F)cc(C)c1-c1cc(C(CC(=O)O)NC(=O)[C@@H](CC(C)C)n2cc(CCN(C)C)c(C(F)(F)F)cc2=O)cn2ccnc12. The van der Waals surface area contributed by atoms with Gasteiger partial charge in [-0.1, -0.05) is 13.8 Å². The largest absolute Gasteiger partial charge is 0.481 e. The van der Waals surface area contributed by atoms with E-state index in [0.29, 0.717) is 39.5 Å². The van der Waals surface area contributed by atoms with Gasteiger partial charge in [-0.05, 0) is 92.7 Å². The molecule has 3 heterocycles. The number of nitrogens with zero attached hydrogens (tertiary/aromatic N) is 4. The quantitative estimate of drug-likeness (QED) is 0.182. The van der Waals surface area contributed by atoms with Gasteiger partial charge in [0, 0.05) is 43.0 Å². The molecule has 0 aliphatic rings. The maximum Gasteiger partial charge on any atom is 0.416 e. The van der Waals surface area contributed by atoms with E-state index in [-0.39, 0.29) is 30.9 Å². The second-order valence-corrected chi connectivity index (χ2v) is 12.6. The molecule has 0 aliphatic heterocycles. The fourth-order valence-electron chi connectivity index (χ4n) is 5.90. The number of carboxylic acid groups (broad SMARTS) is 1. The summed E-state index contributed by atoms with van der Waals surface area (Å²) in [5, 5.41) is 12.6. The van der Waals surface area contributed by atoms with Crippen LogP contribution in [0, 0.1) is 25.6 Å². The molecule has 0 fully saturated rings. The number of fused-ring (bicyclic) bond motifs is 1. The molecule has 0 aliphatic carbocycles. The maximum absolute atomic E-state index is 14.2. The van der Waals surface area contributed by atoms with E-state index in [1.807, 2.05) is 13.8 Å². The number of hydrogen-bond donors (Lipinski definition) is 2. The van der Waals surface area contributed by atoms with E-state index in [1.165, 1.54) is 12.1 Å². The van der Waals surface area contributed by atoms with Crippen LogP contribution in [0.4, 0.5) is 17.6 Å². The topological polar surface area (TPSA) is 109 Å². The highest BCUT2D eigenvalue weighted by molar-refractivity contribution is 5.84. The maximum atomic E-state index is 14.2. The van der Waals surface area contributed by atoms with Gasteiger partial charge in [-0.3, -0.25) is 14.4 Å². The minimum Gasteiger partial charge on any atom is -0.481 e. The van der Waals surface area contributed by atoms with Gasteiger partial charge in [0.15, 0.2) is 0 Å². The third kappa shape index (κ3) is 8.26. The van der Waals surface area contributed by atoms with Crippen LogP contribution < -0.4 is 10.9 Å². The van der Waals surface area contributed by atoms with E-state index >= 15 is 0 Å². The Bertz CT molecular complexity index is 1820. The molecule has 1 aromatic carbocycles. The van der Waals surface area contributed by atoms with Crippen LogP contribution in [0.25, 0.3) is 16.8 Å². The van der Waals surface area contributed by atoms with Gasteiger partial charge in [0.2, 0.25) is 5.91 Å². The monoisotopic (exact) mass is 657 g/mol. The van der Waals surface area contributed by atoms with Crippen molar-refractivity contribution in [2.45, 2.75) is 65.2 Å². The number of aliphatic carboxylic acids is 1. The molecule has 0 saturated carbocycles. The minimum absolute atomic E-state index is 0.0182. The average molecular weight is 658 g/mol. The molecule has 1 unspecified atom stereocenters. The number of likely N-dealkylation sites (N-methyl/N-ethyl adjacent to an activating group) is 1. The van der Waals surface area contributed by atoms with E-state index in [4.69, 9.17) is 0 Å². The van der Waals surface area contributed by atoms with Gasteiger partial charge in [-0.25, -0.2) is 9.37 Å². The fourth-order valence-corrected chi connectivity index (χ4v) is 5.90. The summed E-state index contributed by atoms with van der Waals surface area (Å²) in [6.07, 6.45) is 0.738. The fraction of sp³-hybridized carbons (Fsp3) is 0.412. The molecular formula is C34H39F4N5O4. The van der Waals surface area contributed by atoms with E-state index in [0.717, 1.165) is 10.8 Å². The lowest BCUT2D eigenvalue weighted by Crippen LogP contribution is -2.40. The van der Waals surface area contributed by atoms with Crippen molar-refractivity contribution >= 4 is 17.5 Å². The van der Waals surface area contributed by atoms with Gasteiger partial charge in [-0.2, -0.15) is 13.2 Å². The molecule has 2 N–H and O–H groups in total. The highest BCUT2D eigenvalue weighted by atomic mass is 19.4. The lowest BCUT2D eigenvalue weighted by molar-refractivity contribution is -0.139. The number of hydrogen-bond acceptors (Lipinski definition) is 5. The molecule has 47 heavy (non-hydrogen) atoms. The number of benzene rings is 1. The molecule has 4 aromatic rings. The molecular weight excluding hydrogens is 618 g/mol. The molecule has 252 valence electrons. The minimum atomic E-state index is -4.77. The summed E-state index contributed by atoms with van der Waals surface area (Å²) in [7, 11) is 3.43. The lowest BCUT2D eigenvalue weighted by atomic mass is 9.93. The zero-order valence-electron chi connectivity index (χ0n) is 27.2. The summed E-state index contributed by atoms with van der Waals surface area (Å²) in [4.78, 5) is 45.4. The van der Waals surface area contributed by atoms with Crippen molar-refractivity contribution < 1.29 is 32.3 Å². The number of halogens is 4. The number of carbonyl (C=O) groups is 2. The first-order valence-corrected chi connectivity index (χ1v) is 15.2. The number of aromatic nitrogens is 3. The van der Waals surface area contributed by atoms with Gasteiger partial charge >= 0.3 is 12.1 Å². The van der Waals surface area contributed by atoms with Crippen LogP contribution in [0.2, 0.25) is 0 Å². The molecule has 0 spiro atoms. The Kier molecular flexibility index (Phi) is 10.6. The second-order valence-electron chi connectivity index (χ2n) is 12.6. The molecule has 13 heteroatoms. The van der Waals surface area contributed by atoms with Crippen molar-refractivity contribution in [3.63, 3.8) is 0 Å². The van der Waals surface area contributed by atoms with Crippen molar-refractivity contribution in [3.8, 4) is 11.1 Å². The molecule has 0 radical (unpaired) electrons. The molecule has 2 atom stereocenters. The molecule has 9 nitrogen and oxygen atoms in total. The van der Waals surface area contributed by atoms with E-state index in [1.54, 1.807) is 61.9 Å². The third-order valence-electron chi connectivity index (χ3n) is 8.00. The average Bonchev–Trinajstić information content (AvgIpc) is 3.42. The zero-order valence-corrected chi connectivity index (χ0v) is 27.2. The molecule has 0 saturated heterocycles. The Hall–Kier alpha value is -4.52. The number of nitrogens with one attached hydrogen (secondary N) is 1. The van der Waals surface area contributed by atoms with Crippen LogP contribution in [0.1, 0.15) is 66.6 Å². The molecule has 0 bridgehead atoms. The first kappa shape index (κ1) is 35.3. The number of aryl methyl sites for hydroxylation is 2. The van der Waals surface area contributed by atoms with Crippen molar-refractivity contribution in [3.05, 3.63) is 93.0 Å². The van der Waals surface area contributed by atoms with Crippen LogP contribution in [-0.4, -0.2) is 56.5 Å². The molecule has 1 amide bonds. The number of amides is 1. The smallest absolute Gasteiger partial charge is 0.416 e. The summed E-state index contributed by atoms with van der Waals surface area (Å²) >= 11 is 0. The second kappa shape index (κ2) is 14.1. The summed E-state index contributed by atoms with van der Waals surface area (Å²) in [6, 6.07) is 2.67. The summed E-state index contributed by atoms with van der Waals surface area (Å²) in [5.41, 5.74) is 1.31. The number of imidazole rings is 1. The number of pyridine rings is 2. The Balaban J connectivity index is 1.82. The van der Waals surface area contributed by atoms with Crippen molar-refractivity contribution in [2.24, 2.45) is 5.92 Å². The van der Waals surface area contributed by atoms with Crippen molar-refractivity contribution in [1.29, 1.82) is 0 Å². The number of rotatable bonds is 12. The van der Waals surface area contributed by atoms with Crippen molar-refractivity contribution in [2.75, 3.05) is 20.6 Å². The number of carboxylic acids is 1. The highest BCUT2D eigenvalue weighted by Crippen LogP contribution is 2.35. The molecule has 3 aromatic heterocycles. The van der Waals surface area contributed by atoms with Gasteiger partial charge in [-0.15, -0.1) is 0 Å². The summed E-state index contributed by atoms with van der Waals surface area (Å²) in [6.45, 7) is 7.39. The highest BCUT2D eigenvalue weighted by Gasteiger charge is 2.36. The van der Waals surface area contributed by atoms with E-state index < -0.39 is 53.5 Å². The Labute approximate surface area is 269 Å². The van der Waals surface area contributed by atoms with E-state index in [2.05, 4.69) is 10.3 Å². The van der Waals surface area contributed by atoms with Gasteiger partial charge < -0.3 is 24.3 Å². The van der Waals surface area contributed by atoms with Crippen LogP contribution >= 0.6 is 0 Å². The van der Waals surface area contributed by atoms with E-state index in [9.17, 15) is 37.1 Å². The van der Waals surface area contributed by atoms with Gasteiger partial charge in [0.05, 0.1) is 18.0 Å². The number of alkyl halides is 3. The normalized spacial score (nSPS) is 13.4. The van der Waals surface area contributed by atoms with Crippen LogP contribution in [0.15, 0.2) is 53.8 Å². The Morgan fingerprint density at radius 1 is 1.06 bits per heavy atom. The van der Waals surface area contributed by atoms with Crippen LogP contribution in [0.5, 0.6) is 0 Å². The Morgan fingerprint density at radius 3 is 2.30 bits per heavy atom. The number of carbonyl (C=O) groups excluding carboxylic acids is 1. The summed E-state index contributed by atoms with van der Waals surface area (Å²) < 4.78 is 58.6. The summed E-state index contributed by atoms with van der Waals surface area (Å²) in [5.74, 6) is -2.49. The zero-order chi connectivity index (χ0) is 34.8. The predicted octanol–water partition coefficient (Wildman–Crippen LogP) is 5.96. The third-order valence-corrected chi connectivity index (χ3v) is 8.00. The van der Waals surface area contributed by atoms with Gasteiger partial charge in [0.25, 0.3) is 5.56 Å². The van der Waals surface area contributed by atoms with Gasteiger partial charge in [0.1, 0.15) is 17.5 Å². The standard InChI is InChI=1S/C34H39F4N5O4/c1-19(2)11-28(43-18-22(7-9-41(5)6)26(15-29(43)44)34(36,37)38)33(47)40-27(16-30(45)46)23-14-25(32-39-8-10-42(32)17-23)31-20(3)12-24(35)13-21(31)4/h8,10,12-15,17-19,27-28H,7,9,11,16H2,1-6H3,(H,40,47)(H,45,46)/t27?,28-/m1/s1. The van der Waals surface area contributed by atoms with Crippen LogP contribution in [0.3, 0.4) is 0 Å².